The van der Waals surface area contributed by atoms with Crippen LogP contribution in [0.5, 0.6) is 0 Å². The van der Waals surface area contributed by atoms with E-state index in [0.717, 1.165) is 0 Å². The summed E-state index contributed by atoms with van der Waals surface area (Å²) in [6, 6.07) is 19.9. The highest BCUT2D eigenvalue weighted by Crippen LogP contribution is 2.12. The van der Waals surface area contributed by atoms with Gasteiger partial charge in [-0.25, -0.2) is 0 Å². The van der Waals surface area contributed by atoms with E-state index in [9.17, 15) is 0 Å². The van der Waals surface area contributed by atoms with Gasteiger partial charge in [0.2, 0.25) is 0 Å². The SMILES string of the molecule is Cc1ccc([I+]C(C)(C)c2ccccc2)cc1.[Cl-]. The maximum atomic E-state index is 2.36. The van der Waals surface area contributed by atoms with Gasteiger partial charge in [-0.05, 0) is 32.9 Å². The Morgan fingerprint density at radius 2 is 1.39 bits per heavy atom. The summed E-state index contributed by atoms with van der Waals surface area (Å²) in [6.07, 6.45) is 0. The number of halogens is 2. The fourth-order valence-electron chi connectivity index (χ4n) is 1.76. The van der Waals surface area contributed by atoms with E-state index >= 15 is 0 Å². The summed E-state index contributed by atoms with van der Waals surface area (Å²) in [4.78, 5) is 0. The summed E-state index contributed by atoms with van der Waals surface area (Å²) in [5.74, 6) is 0. The van der Waals surface area contributed by atoms with Gasteiger partial charge >= 0.3 is 21.2 Å². The first-order chi connectivity index (χ1) is 8.08. The van der Waals surface area contributed by atoms with Gasteiger partial charge in [-0.1, -0.05) is 48.0 Å². The summed E-state index contributed by atoms with van der Waals surface area (Å²) in [5.41, 5.74) is 2.80. The maximum Gasteiger partial charge on any atom is 0.324 e. The number of hydrogen-bond donors (Lipinski definition) is 0. The molecule has 2 aromatic carbocycles. The minimum absolute atomic E-state index is 0. The molecule has 0 aliphatic carbocycles. The molecule has 0 bridgehead atoms. The van der Waals surface area contributed by atoms with E-state index in [0.29, 0.717) is 3.42 Å². The van der Waals surface area contributed by atoms with Crippen molar-refractivity contribution >= 4 is 0 Å². The summed E-state index contributed by atoms with van der Waals surface area (Å²) >= 11 is -0.0110. The molecule has 0 nitrogen and oxygen atoms in total. The first kappa shape index (κ1) is 15.5. The average Bonchev–Trinajstić information content (AvgIpc) is 2.33. The molecule has 0 saturated carbocycles. The van der Waals surface area contributed by atoms with Crippen molar-refractivity contribution in [3.05, 3.63) is 69.3 Å². The Labute approximate surface area is 126 Å². The molecular formula is C16H18ClI. The van der Waals surface area contributed by atoms with E-state index in [1.807, 2.05) is 0 Å². The van der Waals surface area contributed by atoms with Crippen LogP contribution in [0, 0.1) is 10.5 Å². The lowest BCUT2D eigenvalue weighted by molar-refractivity contribution is -0.705. The topological polar surface area (TPSA) is 0 Å². The highest BCUT2D eigenvalue weighted by Gasteiger charge is 2.36. The van der Waals surface area contributed by atoms with Crippen molar-refractivity contribution < 1.29 is 33.6 Å². The van der Waals surface area contributed by atoms with Crippen molar-refractivity contribution in [1.82, 2.24) is 0 Å². The largest absolute Gasteiger partial charge is 1.00 e. The molecule has 96 valence electrons. The van der Waals surface area contributed by atoms with Crippen LogP contribution in [-0.4, -0.2) is 0 Å². The lowest BCUT2D eigenvalue weighted by Crippen LogP contribution is -3.66. The van der Waals surface area contributed by atoms with Crippen LogP contribution in [0.4, 0.5) is 0 Å². The van der Waals surface area contributed by atoms with Gasteiger partial charge in [0.05, 0.1) is 0 Å². The number of aryl methyl sites for hydroxylation is 1. The minimum Gasteiger partial charge on any atom is -1.00 e. The number of rotatable bonds is 3. The third-order valence-electron chi connectivity index (χ3n) is 2.82. The lowest BCUT2D eigenvalue weighted by atomic mass is 10.0. The molecule has 0 unspecified atom stereocenters. The van der Waals surface area contributed by atoms with Crippen molar-refractivity contribution in [2.75, 3.05) is 0 Å². The van der Waals surface area contributed by atoms with E-state index in [1.165, 1.54) is 14.7 Å². The molecule has 0 aromatic heterocycles. The molecule has 0 N–H and O–H groups in total. The fourth-order valence-corrected chi connectivity index (χ4v) is 4.71. The number of benzene rings is 2. The molecule has 0 amide bonds. The zero-order chi connectivity index (χ0) is 12.3. The van der Waals surface area contributed by atoms with Gasteiger partial charge in [0.15, 0.2) is 6.99 Å². The summed E-state index contributed by atoms with van der Waals surface area (Å²) < 4.78 is 1.82. The summed E-state index contributed by atoms with van der Waals surface area (Å²) in [7, 11) is 0. The molecule has 0 aliphatic rings. The predicted octanol–water partition coefficient (Wildman–Crippen LogP) is -1.81. The average molecular weight is 373 g/mol. The molecular weight excluding hydrogens is 355 g/mol. The van der Waals surface area contributed by atoms with Gasteiger partial charge in [0.25, 0.3) is 0 Å². The van der Waals surface area contributed by atoms with Gasteiger partial charge < -0.3 is 12.4 Å². The van der Waals surface area contributed by atoms with Crippen LogP contribution in [0.15, 0.2) is 54.6 Å². The highest BCUT2D eigenvalue weighted by molar-refractivity contribution is 5.20. The second-order valence-corrected chi connectivity index (χ2v) is 9.21. The van der Waals surface area contributed by atoms with Gasteiger partial charge in [-0.2, -0.15) is 0 Å². The Balaban J connectivity index is 0.00000162. The van der Waals surface area contributed by atoms with Crippen LogP contribution < -0.4 is 33.6 Å². The normalized spacial score (nSPS) is 10.8. The third-order valence-corrected chi connectivity index (χ3v) is 6.13. The smallest absolute Gasteiger partial charge is 0.324 e. The van der Waals surface area contributed by atoms with Gasteiger partial charge in [-0.3, -0.25) is 0 Å². The van der Waals surface area contributed by atoms with Crippen molar-refractivity contribution in [3.8, 4) is 0 Å². The molecule has 0 aliphatic heterocycles. The van der Waals surface area contributed by atoms with E-state index in [1.54, 1.807) is 0 Å². The van der Waals surface area contributed by atoms with Crippen LogP contribution in [0.1, 0.15) is 25.0 Å². The van der Waals surface area contributed by atoms with Gasteiger partial charge in [0, 0.05) is 5.56 Å². The second kappa shape index (κ2) is 6.58. The molecule has 0 radical (unpaired) electrons. The minimum atomic E-state index is -0.0110. The second-order valence-electron chi connectivity index (χ2n) is 4.73. The first-order valence-electron chi connectivity index (χ1n) is 5.86. The fraction of sp³-hybridized carbons (Fsp3) is 0.250. The standard InChI is InChI=1S/C16H18I.ClH/c1-13-9-11-15(12-10-13)17-16(2,3)14-7-5-4-6-8-14;/h4-12H,1-3H3;1H/q+1;/p-1. The van der Waals surface area contributed by atoms with Crippen molar-refractivity contribution in [2.24, 2.45) is 0 Å². The Morgan fingerprint density at radius 3 is 1.94 bits per heavy atom. The van der Waals surface area contributed by atoms with Crippen LogP contribution in [-0.2, 0) is 3.42 Å². The molecule has 2 heteroatoms. The highest BCUT2D eigenvalue weighted by atomic mass is 127. The molecule has 2 rings (SSSR count). The number of hydrogen-bond acceptors (Lipinski definition) is 0. The van der Waals surface area contributed by atoms with Crippen LogP contribution in [0.25, 0.3) is 0 Å². The quantitative estimate of drug-likeness (QED) is 0.440. The molecule has 18 heavy (non-hydrogen) atoms. The van der Waals surface area contributed by atoms with Crippen LogP contribution in [0.3, 0.4) is 0 Å². The Morgan fingerprint density at radius 1 is 0.833 bits per heavy atom. The Kier molecular flexibility index (Phi) is 5.67. The van der Waals surface area contributed by atoms with Crippen molar-refractivity contribution in [1.29, 1.82) is 0 Å². The van der Waals surface area contributed by atoms with E-state index < -0.39 is 0 Å². The van der Waals surface area contributed by atoms with Gasteiger partial charge in [0.1, 0.15) is 0 Å². The third kappa shape index (κ3) is 3.99. The van der Waals surface area contributed by atoms with Crippen molar-refractivity contribution in [3.63, 3.8) is 0 Å². The molecule has 0 fully saturated rings. The van der Waals surface area contributed by atoms with E-state index in [2.05, 4.69) is 75.4 Å². The molecule has 2 aromatic rings. The van der Waals surface area contributed by atoms with E-state index in [-0.39, 0.29) is 33.6 Å². The van der Waals surface area contributed by atoms with Crippen LogP contribution in [0.2, 0.25) is 0 Å². The summed E-state index contributed by atoms with van der Waals surface area (Å²) in [6.45, 7) is 6.86. The monoisotopic (exact) mass is 372 g/mol. The zero-order valence-electron chi connectivity index (χ0n) is 11.0. The molecule has 0 atom stereocenters. The van der Waals surface area contributed by atoms with E-state index in [4.69, 9.17) is 0 Å². The lowest BCUT2D eigenvalue weighted by Gasteiger charge is -2.11. The zero-order valence-corrected chi connectivity index (χ0v) is 13.9. The first-order valence-corrected chi connectivity index (χ1v) is 8.02. The molecule has 0 saturated heterocycles. The van der Waals surface area contributed by atoms with Crippen molar-refractivity contribution in [2.45, 2.75) is 24.2 Å². The maximum absolute atomic E-state index is 2.36. The Hall–Kier alpha value is -0.540. The Bertz CT molecular complexity index is 474. The summed E-state index contributed by atoms with van der Waals surface area (Å²) in [5, 5.41) is 0. The molecule has 0 spiro atoms. The number of alkyl halides is 1. The van der Waals surface area contributed by atoms with Crippen LogP contribution >= 0.6 is 0 Å². The predicted molar refractivity (Wildman–Crippen MR) is 69.3 cm³/mol. The molecule has 0 heterocycles. The van der Waals surface area contributed by atoms with Gasteiger partial charge in [-0.15, -0.1) is 0 Å².